The number of carbonyl (C=O) groups excluding carboxylic acids is 1. The molecule has 0 saturated carbocycles. The summed E-state index contributed by atoms with van der Waals surface area (Å²) in [5, 5.41) is 98.7. The number of hydrogen-bond donors (Lipinski definition) is 10. The van der Waals surface area contributed by atoms with E-state index in [4.69, 9.17) is 10.2 Å². The van der Waals surface area contributed by atoms with E-state index in [0.29, 0.717) is 12.0 Å². The fraction of sp³-hybridized carbons (Fsp3) is 0.714. The van der Waals surface area contributed by atoms with Crippen molar-refractivity contribution in [3.8, 4) is 0 Å². The Balaban J connectivity index is 2.12. The molecule has 0 aliphatic heterocycles. The van der Waals surface area contributed by atoms with Crippen LogP contribution in [0.1, 0.15) is 30.6 Å². The zero-order chi connectivity index (χ0) is 32.4. The van der Waals surface area contributed by atoms with Gasteiger partial charge >= 0.3 is 0 Å². The summed E-state index contributed by atoms with van der Waals surface area (Å²) in [6.07, 6.45) is -12.0. The van der Waals surface area contributed by atoms with Crippen LogP contribution in [0.5, 0.6) is 0 Å². The lowest BCUT2D eigenvalue weighted by Gasteiger charge is -2.33. The average Bonchev–Trinajstić information content (AvgIpc) is 3.38. The summed E-state index contributed by atoms with van der Waals surface area (Å²) < 4.78 is 4.15. The monoisotopic (exact) mass is 617 g/mol. The van der Waals surface area contributed by atoms with Crippen LogP contribution in [0.15, 0.2) is 24.5 Å². The summed E-state index contributed by atoms with van der Waals surface area (Å²) in [5.41, 5.74) is 2.43. The van der Waals surface area contributed by atoms with Crippen LogP contribution in [-0.4, -0.2) is 167 Å². The molecule has 0 saturated heterocycles. The number of aliphatic hydroxyl groups is 10. The first-order chi connectivity index (χ1) is 20.3. The van der Waals surface area contributed by atoms with Crippen molar-refractivity contribution in [3.63, 3.8) is 0 Å². The topological polar surface area (TPSA) is 235 Å². The maximum absolute atomic E-state index is 13.2. The Morgan fingerprint density at radius 1 is 0.814 bits per heavy atom. The van der Waals surface area contributed by atoms with Crippen molar-refractivity contribution in [3.05, 3.63) is 30.1 Å². The Hall–Kier alpha value is -2.28. The first-order valence-corrected chi connectivity index (χ1v) is 14.5. The van der Waals surface area contributed by atoms with Gasteiger partial charge in [-0.15, -0.1) is 0 Å². The quantitative estimate of drug-likeness (QED) is 0.0673. The highest BCUT2D eigenvalue weighted by atomic mass is 16.4. The van der Waals surface area contributed by atoms with Crippen LogP contribution < -0.4 is 4.57 Å². The lowest BCUT2D eigenvalue weighted by molar-refractivity contribution is -0.668. The van der Waals surface area contributed by atoms with E-state index in [1.165, 1.54) is 9.80 Å². The zero-order valence-corrected chi connectivity index (χ0v) is 25.0. The van der Waals surface area contributed by atoms with Gasteiger partial charge in [-0.05, 0) is 32.4 Å². The Morgan fingerprint density at radius 3 is 1.79 bits per heavy atom. The van der Waals surface area contributed by atoms with Gasteiger partial charge in [0.1, 0.15) is 36.6 Å². The minimum atomic E-state index is -1.87. The molecule has 0 radical (unpaired) electrons. The summed E-state index contributed by atoms with van der Waals surface area (Å²) in [5.74, 6) is -0.228. The number of aryl methyl sites for hydroxylation is 2. The molecule has 0 aliphatic carbocycles. The van der Waals surface area contributed by atoms with Crippen molar-refractivity contribution >= 4 is 16.9 Å². The van der Waals surface area contributed by atoms with Gasteiger partial charge in [-0.2, -0.15) is 0 Å². The Labute approximate surface area is 250 Å². The molecule has 1 aromatic heterocycles. The molecule has 0 bridgehead atoms. The Morgan fingerprint density at radius 2 is 1.33 bits per heavy atom. The number of rotatable bonds is 19. The molecule has 1 aromatic carbocycles. The maximum atomic E-state index is 13.2. The number of aliphatic hydroxyl groups excluding tert-OH is 10. The zero-order valence-electron chi connectivity index (χ0n) is 25.0. The Kier molecular flexibility index (Phi) is 14.8. The number of carbonyl (C=O) groups is 1. The second kappa shape index (κ2) is 17.3. The normalized spacial score (nSPS) is 17.8. The van der Waals surface area contributed by atoms with Gasteiger partial charge < -0.3 is 56.0 Å². The van der Waals surface area contributed by atoms with Gasteiger partial charge in [-0.25, -0.2) is 9.13 Å². The molecule has 246 valence electrons. The van der Waals surface area contributed by atoms with E-state index in [0.717, 1.165) is 24.1 Å². The molecule has 1 amide bonds. The van der Waals surface area contributed by atoms with Crippen LogP contribution in [0.4, 0.5) is 0 Å². The predicted octanol–water partition coefficient (Wildman–Crippen LogP) is -4.40. The standard InChI is InChI=1S/C28H49N4O11/c1-4-31-16-32(5-2)19-11-17(7-8-18(19)31)28(43)29(3)9-6-10-30(12-20(35)24(39)26(41)22(37)14-33)13-21(36)25(40)27(42)23(38)15-34/h7-8,11,16,20-27,33-42H,4-6,9-10,12-15H2,1-3H3/q+1/t20-,21-,22+,23+,24+,25+,26+,27+/m0/s1. The van der Waals surface area contributed by atoms with Gasteiger partial charge in [0, 0.05) is 44.9 Å². The molecule has 0 fully saturated rings. The lowest BCUT2D eigenvalue weighted by atomic mass is 10.0. The van der Waals surface area contributed by atoms with E-state index in [-0.39, 0.29) is 32.1 Å². The summed E-state index contributed by atoms with van der Waals surface area (Å²) in [6, 6.07) is 5.49. The fourth-order valence-electron chi connectivity index (χ4n) is 4.91. The number of benzene rings is 1. The van der Waals surface area contributed by atoms with Gasteiger partial charge in [0.05, 0.1) is 38.5 Å². The number of nitrogens with zero attached hydrogens (tertiary/aromatic N) is 4. The largest absolute Gasteiger partial charge is 0.394 e. The van der Waals surface area contributed by atoms with Gasteiger partial charge in [0.2, 0.25) is 6.33 Å². The second-order valence-corrected chi connectivity index (χ2v) is 10.8. The summed E-state index contributed by atoms with van der Waals surface area (Å²) in [4.78, 5) is 16.1. The second-order valence-electron chi connectivity index (χ2n) is 10.8. The van der Waals surface area contributed by atoms with Crippen molar-refractivity contribution in [1.29, 1.82) is 0 Å². The molecule has 43 heavy (non-hydrogen) atoms. The van der Waals surface area contributed by atoms with E-state index >= 15 is 0 Å². The smallest absolute Gasteiger partial charge is 0.253 e. The molecule has 15 heteroatoms. The molecule has 1 heterocycles. The molecule has 2 aromatic rings. The van der Waals surface area contributed by atoms with Crippen molar-refractivity contribution in [2.75, 3.05) is 46.4 Å². The number of hydrogen-bond acceptors (Lipinski definition) is 12. The Bertz CT molecular complexity index is 1110. The van der Waals surface area contributed by atoms with Gasteiger partial charge in [0.25, 0.3) is 5.91 Å². The highest BCUT2D eigenvalue weighted by molar-refractivity contribution is 5.96. The number of aromatic nitrogens is 2. The molecular formula is C28H49N4O11+. The third-order valence-corrected chi connectivity index (χ3v) is 7.66. The van der Waals surface area contributed by atoms with Crippen LogP contribution in [0, 0.1) is 0 Å². The van der Waals surface area contributed by atoms with Gasteiger partial charge in [-0.3, -0.25) is 9.69 Å². The molecule has 0 aliphatic rings. The van der Waals surface area contributed by atoms with E-state index in [1.54, 1.807) is 13.1 Å². The molecule has 15 nitrogen and oxygen atoms in total. The summed E-state index contributed by atoms with van der Waals surface area (Å²) in [6.45, 7) is 3.45. The van der Waals surface area contributed by atoms with Gasteiger partial charge in [-0.1, -0.05) is 0 Å². The molecule has 8 atom stereocenters. The number of fused-ring (bicyclic) bond motifs is 1. The summed E-state index contributed by atoms with van der Waals surface area (Å²) >= 11 is 0. The first-order valence-electron chi connectivity index (χ1n) is 14.5. The third-order valence-electron chi connectivity index (χ3n) is 7.66. The molecule has 0 unspecified atom stereocenters. The fourth-order valence-corrected chi connectivity index (χ4v) is 4.91. The third kappa shape index (κ3) is 9.60. The van der Waals surface area contributed by atoms with Crippen LogP contribution in [0.2, 0.25) is 0 Å². The minimum Gasteiger partial charge on any atom is -0.394 e. The molecule has 2 rings (SSSR count). The molecule has 10 N–H and O–H groups in total. The minimum absolute atomic E-state index is 0.108. The van der Waals surface area contributed by atoms with Crippen LogP contribution >= 0.6 is 0 Å². The van der Waals surface area contributed by atoms with E-state index in [9.17, 15) is 45.6 Å². The summed E-state index contributed by atoms with van der Waals surface area (Å²) in [7, 11) is 1.62. The van der Waals surface area contributed by atoms with Crippen molar-refractivity contribution in [1.82, 2.24) is 14.4 Å². The van der Waals surface area contributed by atoms with Crippen LogP contribution in [-0.2, 0) is 13.1 Å². The number of amides is 1. The van der Waals surface area contributed by atoms with Crippen LogP contribution in [0.25, 0.3) is 11.0 Å². The predicted molar refractivity (Wildman–Crippen MR) is 154 cm³/mol. The van der Waals surface area contributed by atoms with Crippen LogP contribution in [0.3, 0.4) is 0 Å². The maximum Gasteiger partial charge on any atom is 0.253 e. The van der Waals surface area contributed by atoms with Gasteiger partial charge in [0.15, 0.2) is 11.0 Å². The molecule has 0 spiro atoms. The number of imidazole rings is 1. The van der Waals surface area contributed by atoms with E-state index in [1.807, 2.05) is 32.3 Å². The highest BCUT2D eigenvalue weighted by Gasteiger charge is 2.34. The molecular weight excluding hydrogens is 568 g/mol. The van der Waals surface area contributed by atoms with Crippen molar-refractivity contribution < 1.29 is 60.4 Å². The van der Waals surface area contributed by atoms with E-state index < -0.39 is 62.0 Å². The SMILES string of the molecule is CCn1c[n+](CC)c2ccc(C(=O)N(C)CCCN(C[C@H](O)[C@@H](O)[C@H](O)[C@H](O)CO)C[C@H](O)[C@@H](O)[C@H](O)[C@H](O)CO)cc21. The van der Waals surface area contributed by atoms with Crippen molar-refractivity contribution in [2.24, 2.45) is 0 Å². The lowest BCUT2D eigenvalue weighted by Crippen LogP contribution is -2.53. The van der Waals surface area contributed by atoms with E-state index in [2.05, 4.69) is 9.13 Å². The van der Waals surface area contributed by atoms with Crippen molar-refractivity contribution in [2.45, 2.75) is 82.2 Å². The average molecular weight is 618 g/mol. The first kappa shape index (κ1) is 36.9. The highest BCUT2D eigenvalue weighted by Crippen LogP contribution is 2.16.